The largest absolute Gasteiger partial charge is 0.456 e. The van der Waals surface area contributed by atoms with E-state index in [1.807, 2.05) is 0 Å². The highest BCUT2D eigenvalue weighted by Gasteiger charge is 2.63. The summed E-state index contributed by atoms with van der Waals surface area (Å²) in [5, 5.41) is 0. The molecule has 3 aromatic rings. The van der Waals surface area contributed by atoms with Crippen molar-refractivity contribution >= 4 is 30.0 Å². The Bertz CT molecular complexity index is 2060. The first kappa shape index (κ1) is 35.6. The van der Waals surface area contributed by atoms with E-state index >= 15 is 0 Å². The summed E-state index contributed by atoms with van der Waals surface area (Å²) < 4.78 is 32.9. The minimum Gasteiger partial charge on any atom is -0.456 e. The zero-order valence-electron chi connectivity index (χ0n) is 29.4. The smallest absolute Gasteiger partial charge is 0.347 e. The third-order valence-electron chi connectivity index (χ3n) is 9.65. The molecule has 7 rings (SSSR count). The molecular formula is C39H40O12. The van der Waals surface area contributed by atoms with Crippen LogP contribution >= 0.6 is 0 Å². The Kier molecular flexibility index (Phi) is 9.16. The van der Waals surface area contributed by atoms with Gasteiger partial charge in [0.15, 0.2) is 0 Å². The highest BCUT2D eigenvalue weighted by molar-refractivity contribution is 5.97. The quantitative estimate of drug-likeness (QED) is 0.147. The van der Waals surface area contributed by atoms with Gasteiger partial charge in [0.05, 0.1) is 23.0 Å². The van der Waals surface area contributed by atoms with Crippen LogP contribution in [0.3, 0.4) is 0 Å². The molecule has 4 bridgehead atoms. The Morgan fingerprint density at radius 1 is 0.804 bits per heavy atom. The van der Waals surface area contributed by atoms with E-state index in [1.54, 1.807) is 46.8 Å². The predicted molar refractivity (Wildman–Crippen MR) is 181 cm³/mol. The number of rotatable bonds is 8. The van der Waals surface area contributed by atoms with Crippen LogP contribution in [0.2, 0.25) is 0 Å². The fourth-order valence-electron chi connectivity index (χ4n) is 7.91. The molecule has 0 saturated heterocycles. The molecule has 0 spiro atoms. The van der Waals surface area contributed by atoms with Gasteiger partial charge in [0.2, 0.25) is 0 Å². The number of carbonyl (C=O) groups is 4. The van der Waals surface area contributed by atoms with E-state index in [9.17, 15) is 28.8 Å². The van der Waals surface area contributed by atoms with Crippen molar-refractivity contribution in [3.05, 3.63) is 91.5 Å². The number of ether oxygens (including phenoxy) is 4. The van der Waals surface area contributed by atoms with Crippen molar-refractivity contribution in [3.8, 4) is 17.2 Å². The Balaban J connectivity index is 1.23. The van der Waals surface area contributed by atoms with Crippen molar-refractivity contribution in [2.45, 2.75) is 85.7 Å². The van der Waals surface area contributed by atoms with Crippen molar-refractivity contribution in [2.75, 3.05) is 0 Å². The van der Waals surface area contributed by atoms with E-state index in [2.05, 4.69) is 0 Å². The fraction of sp³-hybridized carbons (Fsp3) is 0.436. The lowest BCUT2D eigenvalue weighted by molar-refractivity contribution is -0.206. The van der Waals surface area contributed by atoms with Gasteiger partial charge in [-0.25, -0.2) is 19.2 Å². The van der Waals surface area contributed by atoms with Gasteiger partial charge in [-0.05, 0) is 109 Å². The lowest BCUT2D eigenvalue weighted by Gasteiger charge is -2.59. The summed E-state index contributed by atoms with van der Waals surface area (Å²) in [5.74, 6) is -1.57. The number of benzene rings is 1. The highest BCUT2D eigenvalue weighted by atomic mass is 16.6. The van der Waals surface area contributed by atoms with E-state index < -0.39 is 51.6 Å². The van der Waals surface area contributed by atoms with Crippen molar-refractivity contribution in [1.82, 2.24) is 0 Å². The van der Waals surface area contributed by atoms with Crippen molar-refractivity contribution in [3.63, 3.8) is 0 Å². The summed E-state index contributed by atoms with van der Waals surface area (Å²) in [6, 6.07) is 9.47. The van der Waals surface area contributed by atoms with Crippen LogP contribution < -0.4 is 25.5 Å². The van der Waals surface area contributed by atoms with Gasteiger partial charge < -0.3 is 27.8 Å². The molecule has 268 valence electrons. The molecule has 2 aromatic heterocycles. The maximum atomic E-state index is 13.7. The molecular weight excluding hydrogens is 660 g/mol. The van der Waals surface area contributed by atoms with Gasteiger partial charge in [0, 0.05) is 24.1 Å². The number of aryl methyl sites for hydroxylation is 2. The van der Waals surface area contributed by atoms with Crippen LogP contribution in [0.1, 0.15) is 93.7 Å². The maximum Gasteiger partial charge on any atom is 0.347 e. The van der Waals surface area contributed by atoms with Crippen LogP contribution in [-0.2, 0) is 19.1 Å². The van der Waals surface area contributed by atoms with Crippen LogP contribution in [0.15, 0.2) is 66.5 Å². The molecule has 4 aliphatic carbocycles. The minimum atomic E-state index is -0.899. The molecule has 0 N–H and O–H groups in total. The van der Waals surface area contributed by atoms with Crippen molar-refractivity contribution in [1.29, 1.82) is 0 Å². The average Bonchev–Trinajstić information content (AvgIpc) is 2.99. The van der Waals surface area contributed by atoms with Crippen LogP contribution in [0.4, 0.5) is 0 Å². The first-order chi connectivity index (χ1) is 23.9. The Morgan fingerprint density at radius 2 is 1.39 bits per heavy atom. The van der Waals surface area contributed by atoms with Gasteiger partial charge in [0.25, 0.3) is 0 Å². The zero-order chi connectivity index (χ0) is 36.9. The number of carbonyl (C=O) groups excluding carboxylic acids is 4. The average molecular weight is 701 g/mol. The Labute approximate surface area is 293 Å². The molecule has 0 amide bonds. The fourth-order valence-corrected chi connectivity index (χ4v) is 7.91. The maximum absolute atomic E-state index is 13.7. The van der Waals surface area contributed by atoms with E-state index in [1.165, 1.54) is 31.2 Å². The topological polar surface area (TPSA) is 166 Å². The second kappa shape index (κ2) is 13.1. The summed E-state index contributed by atoms with van der Waals surface area (Å²) in [6.45, 7) is 9.74. The summed E-state index contributed by atoms with van der Waals surface area (Å²) in [6.07, 6.45) is 5.30. The molecule has 2 atom stereocenters. The molecule has 0 aliphatic heterocycles. The molecule has 4 saturated carbocycles. The number of hydrogen-bond donors (Lipinski definition) is 0. The van der Waals surface area contributed by atoms with Crippen molar-refractivity contribution in [2.24, 2.45) is 22.7 Å². The Morgan fingerprint density at radius 3 is 1.96 bits per heavy atom. The van der Waals surface area contributed by atoms with E-state index in [0.29, 0.717) is 43.4 Å². The molecule has 51 heavy (non-hydrogen) atoms. The van der Waals surface area contributed by atoms with Crippen LogP contribution in [0.5, 0.6) is 17.2 Å². The lowest BCUT2D eigenvalue weighted by atomic mass is 9.48. The van der Waals surface area contributed by atoms with Gasteiger partial charge in [-0.15, -0.1) is 0 Å². The zero-order valence-corrected chi connectivity index (χ0v) is 29.4. The lowest BCUT2D eigenvalue weighted by Crippen LogP contribution is -2.60. The Hall–Kier alpha value is -5.26. The first-order valence-corrected chi connectivity index (χ1v) is 16.9. The van der Waals surface area contributed by atoms with Crippen LogP contribution in [0, 0.1) is 36.5 Å². The number of hydrogen-bond acceptors (Lipinski definition) is 12. The SMILES string of the molecule is C/C(=C\c1ccc(OC(=O)C(C)(C)C)c(C(=O)Oc2cc(C)oc(=O)c2)c1)C(=O)OC12CC3CC(C1)CC(C(=O)Oc1cc(C)oc(=O)c1)(C3)C2. The summed E-state index contributed by atoms with van der Waals surface area (Å²) >= 11 is 0. The third-order valence-corrected chi connectivity index (χ3v) is 9.65. The summed E-state index contributed by atoms with van der Waals surface area (Å²) in [4.78, 5) is 77.2. The summed E-state index contributed by atoms with van der Waals surface area (Å²) in [7, 11) is 0. The van der Waals surface area contributed by atoms with E-state index in [4.69, 9.17) is 27.8 Å². The monoisotopic (exact) mass is 700 g/mol. The second-order valence-corrected chi connectivity index (χ2v) is 15.3. The van der Waals surface area contributed by atoms with Gasteiger partial charge in [-0.2, -0.15) is 0 Å². The standard InChI is InChI=1S/C39H40O12/c1-21(9-24-7-8-30(50-35(44)37(4,5)6)29(13-24)34(43)48-27-10-22(2)46-31(40)14-27)33(42)51-39-18-25-12-26(19-39)17-38(16-25,20-39)36(45)49-28-11-23(3)47-32(41)15-28/h7-11,13-15,25-26H,12,16-20H2,1-6H3/b21-9+. The predicted octanol–water partition coefficient (Wildman–Crippen LogP) is 6.27. The molecule has 12 heteroatoms. The summed E-state index contributed by atoms with van der Waals surface area (Å²) in [5.41, 5.74) is -3.35. The molecule has 4 aliphatic rings. The molecule has 0 radical (unpaired) electrons. The first-order valence-electron chi connectivity index (χ1n) is 16.9. The van der Waals surface area contributed by atoms with Crippen LogP contribution in [0.25, 0.3) is 6.08 Å². The highest BCUT2D eigenvalue weighted by Crippen LogP contribution is 2.63. The minimum absolute atomic E-state index is 0.0515. The van der Waals surface area contributed by atoms with Crippen LogP contribution in [-0.4, -0.2) is 29.5 Å². The van der Waals surface area contributed by atoms with Gasteiger partial charge in [-0.3, -0.25) is 9.59 Å². The van der Waals surface area contributed by atoms with Gasteiger partial charge in [-0.1, -0.05) is 6.07 Å². The second-order valence-electron chi connectivity index (χ2n) is 15.3. The third kappa shape index (κ3) is 7.74. The van der Waals surface area contributed by atoms with Gasteiger partial charge in [0.1, 0.15) is 39.9 Å². The molecule has 2 unspecified atom stereocenters. The normalized spacial score (nSPS) is 23.8. The molecule has 1 aromatic carbocycles. The van der Waals surface area contributed by atoms with Gasteiger partial charge >= 0.3 is 35.1 Å². The number of esters is 4. The van der Waals surface area contributed by atoms with Crippen molar-refractivity contribution < 1.29 is 47.0 Å². The van der Waals surface area contributed by atoms with E-state index in [-0.39, 0.29) is 46.0 Å². The van der Waals surface area contributed by atoms with E-state index in [0.717, 1.165) is 18.6 Å². The molecule has 2 heterocycles. The molecule has 4 fully saturated rings. The molecule has 12 nitrogen and oxygen atoms in total.